The molecule has 150 valence electrons. The number of nitrogens with one attached hydrogen (secondary N) is 1. The lowest BCUT2D eigenvalue weighted by Crippen LogP contribution is -2.22. The van der Waals surface area contributed by atoms with Crippen LogP contribution in [0.15, 0.2) is 41.3 Å². The molecule has 3 aromatic rings. The molecule has 0 fully saturated rings. The molecule has 0 amide bonds. The molecule has 2 aromatic carbocycles. The molecule has 0 unspecified atom stereocenters. The number of nitrogens with zero attached hydrogens (tertiary/aromatic N) is 3. The first-order valence-electron chi connectivity index (χ1n) is 9.47. The number of hydrogen-bond acceptors (Lipinski definition) is 4. The van der Waals surface area contributed by atoms with E-state index in [1.165, 1.54) is 29.5 Å². The maximum Gasteiger partial charge on any atom is 0.242 e. The molecule has 0 spiro atoms. The zero-order valence-corrected chi connectivity index (χ0v) is 18.0. The largest absolute Gasteiger partial charge is 0.378 e. The van der Waals surface area contributed by atoms with Gasteiger partial charge in [0.2, 0.25) is 10.0 Å². The van der Waals surface area contributed by atoms with Gasteiger partial charge >= 0.3 is 0 Å². The van der Waals surface area contributed by atoms with E-state index in [1.54, 1.807) is 12.1 Å². The summed E-state index contributed by atoms with van der Waals surface area (Å²) in [6.45, 7) is 7.73. The number of aromatic nitrogens is 2. The second kappa shape index (κ2) is 7.93. The third kappa shape index (κ3) is 3.91. The Bertz CT molecular complexity index is 1100. The molecule has 0 atom stereocenters. The van der Waals surface area contributed by atoms with Crippen molar-refractivity contribution in [3.63, 3.8) is 0 Å². The SMILES string of the molecule is CCCn1c(CNc2ccc(C)c(C)c2)nc2cc(S(=O)(=O)N(C)C)ccc21. The Morgan fingerprint density at radius 2 is 1.82 bits per heavy atom. The van der Waals surface area contributed by atoms with Crippen LogP contribution < -0.4 is 5.32 Å². The molecule has 6 nitrogen and oxygen atoms in total. The Labute approximate surface area is 167 Å². The van der Waals surface area contributed by atoms with E-state index < -0.39 is 10.0 Å². The Kier molecular flexibility index (Phi) is 5.76. The van der Waals surface area contributed by atoms with E-state index in [4.69, 9.17) is 4.98 Å². The van der Waals surface area contributed by atoms with Crippen molar-refractivity contribution in [2.24, 2.45) is 0 Å². The molecular formula is C21H28N4O2S. The Hall–Kier alpha value is -2.38. The van der Waals surface area contributed by atoms with Gasteiger partial charge in [0.25, 0.3) is 0 Å². The lowest BCUT2D eigenvalue weighted by molar-refractivity contribution is 0.521. The van der Waals surface area contributed by atoms with Crippen molar-refractivity contribution in [1.29, 1.82) is 0 Å². The molecule has 28 heavy (non-hydrogen) atoms. The molecule has 0 aliphatic rings. The number of benzene rings is 2. The van der Waals surface area contributed by atoms with Gasteiger partial charge in [-0.3, -0.25) is 0 Å². The Balaban J connectivity index is 1.96. The van der Waals surface area contributed by atoms with Crippen LogP contribution in [0.5, 0.6) is 0 Å². The molecule has 0 radical (unpaired) electrons. The van der Waals surface area contributed by atoms with Crippen LogP contribution in [-0.4, -0.2) is 36.4 Å². The van der Waals surface area contributed by atoms with E-state index >= 15 is 0 Å². The smallest absolute Gasteiger partial charge is 0.242 e. The van der Waals surface area contributed by atoms with Gasteiger partial charge in [-0.25, -0.2) is 17.7 Å². The third-order valence-corrected chi connectivity index (χ3v) is 6.79. The van der Waals surface area contributed by atoms with Crippen LogP contribution >= 0.6 is 0 Å². The second-order valence-electron chi connectivity index (χ2n) is 7.27. The van der Waals surface area contributed by atoms with Crippen molar-refractivity contribution < 1.29 is 8.42 Å². The number of fused-ring (bicyclic) bond motifs is 1. The van der Waals surface area contributed by atoms with Crippen molar-refractivity contribution in [3.8, 4) is 0 Å². The van der Waals surface area contributed by atoms with Gasteiger partial charge in [-0.1, -0.05) is 13.0 Å². The van der Waals surface area contributed by atoms with E-state index in [0.29, 0.717) is 12.1 Å². The van der Waals surface area contributed by atoms with E-state index in [1.807, 2.05) is 6.07 Å². The second-order valence-corrected chi connectivity index (χ2v) is 9.42. The minimum absolute atomic E-state index is 0.264. The predicted molar refractivity (Wildman–Crippen MR) is 114 cm³/mol. The highest BCUT2D eigenvalue weighted by Gasteiger charge is 2.19. The summed E-state index contributed by atoms with van der Waals surface area (Å²) in [6, 6.07) is 11.5. The molecule has 7 heteroatoms. The van der Waals surface area contributed by atoms with Gasteiger partial charge in [0.15, 0.2) is 0 Å². The van der Waals surface area contributed by atoms with Crippen molar-refractivity contribution in [2.75, 3.05) is 19.4 Å². The zero-order valence-electron chi connectivity index (χ0n) is 17.2. The molecule has 1 aromatic heterocycles. The van der Waals surface area contributed by atoms with Crippen LogP contribution in [0.2, 0.25) is 0 Å². The fraction of sp³-hybridized carbons (Fsp3) is 0.381. The summed E-state index contributed by atoms with van der Waals surface area (Å²) in [5.74, 6) is 0.898. The maximum atomic E-state index is 12.4. The first-order valence-corrected chi connectivity index (χ1v) is 10.9. The lowest BCUT2D eigenvalue weighted by Gasteiger charge is -2.12. The normalized spacial score (nSPS) is 12.1. The summed E-state index contributed by atoms with van der Waals surface area (Å²) in [6.07, 6.45) is 0.972. The summed E-state index contributed by atoms with van der Waals surface area (Å²) in [5.41, 5.74) is 5.21. The van der Waals surface area contributed by atoms with Crippen LogP contribution in [0.4, 0.5) is 5.69 Å². The van der Waals surface area contributed by atoms with Gasteiger partial charge in [0, 0.05) is 26.3 Å². The van der Waals surface area contributed by atoms with Gasteiger partial charge in [0.05, 0.1) is 22.5 Å². The summed E-state index contributed by atoms with van der Waals surface area (Å²) < 4.78 is 28.3. The van der Waals surface area contributed by atoms with E-state index in [9.17, 15) is 8.42 Å². The number of sulfonamides is 1. The highest BCUT2D eigenvalue weighted by atomic mass is 32.2. The average Bonchev–Trinajstić information content (AvgIpc) is 3.00. The minimum Gasteiger partial charge on any atom is -0.378 e. The first-order chi connectivity index (χ1) is 13.2. The molecule has 0 bridgehead atoms. The number of imidazole rings is 1. The standard InChI is InChI=1S/C21H28N4O2S/c1-6-11-25-20-10-9-18(28(26,27)24(4)5)13-19(20)23-21(25)14-22-17-8-7-15(2)16(3)12-17/h7-10,12-13,22H,6,11,14H2,1-5H3. The number of aryl methyl sites for hydroxylation is 3. The number of hydrogen-bond donors (Lipinski definition) is 1. The fourth-order valence-corrected chi connectivity index (χ4v) is 4.09. The molecule has 0 aliphatic heterocycles. The highest BCUT2D eigenvalue weighted by molar-refractivity contribution is 7.89. The maximum absolute atomic E-state index is 12.4. The van der Waals surface area contributed by atoms with Crippen LogP contribution in [0.25, 0.3) is 11.0 Å². The van der Waals surface area contributed by atoms with Gasteiger partial charge in [-0.15, -0.1) is 0 Å². The van der Waals surface area contributed by atoms with E-state index in [0.717, 1.165) is 30.0 Å². The van der Waals surface area contributed by atoms with E-state index in [2.05, 4.69) is 48.9 Å². The van der Waals surface area contributed by atoms with Gasteiger partial charge in [-0.2, -0.15) is 0 Å². The minimum atomic E-state index is -3.48. The van der Waals surface area contributed by atoms with Crippen LogP contribution in [-0.2, 0) is 23.1 Å². The van der Waals surface area contributed by atoms with Crippen LogP contribution in [0, 0.1) is 13.8 Å². The summed E-state index contributed by atoms with van der Waals surface area (Å²) in [5, 5.41) is 3.44. The van der Waals surface area contributed by atoms with Crippen molar-refractivity contribution in [3.05, 3.63) is 53.3 Å². The molecule has 3 rings (SSSR count). The topological polar surface area (TPSA) is 67.2 Å². The average molecular weight is 401 g/mol. The molecule has 1 N–H and O–H groups in total. The molecule has 0 aliphatic carbocycles. The molecular weight excluding hydrogens is 372 g/mol. The Morgan fingerprint density at radius 1 is 1.07 bits per heavy atom. The third-order valence-electron chi connectivity index (χ3n) is 4.98. The molecule has 1 heterocycles. The lowest BCUT2D eigenvalue weighted by atomic mass is 10.1. The van der Waals surface area contributed by atoms with Crippen molar-refractivity contribution >= 4 is 26.7 Å². The number of rotatable bonds is 7. The number of anilines is 1. The zero-order chi connectivity index (χ0) is 20.5. The van der Waals surface area contributed by atoms with Gasteiger partial charge < -0.3 is 9.88 Å². The summed E-state index contributed by atoms with van der Waals surface area (Å²) in [4.78, 5) is 5.00. The predicted octanol–water partition coefficient (Wildman–Crippen LogP) is 3.93. The Morgan fingerprint density at radius 3 is 2.46 bits per heavy atom. The van der Waals surface area contributed by atoms with Gasteiger partial charge in [-0.05, 0) is 61.7 Å². The summed E-state index contributed by atoms with van der Waals surface area (Å²) >= 11 is 0. The molecule has 0 saturated heterocycles. The van der Waals surface area contributed by atoms with Crippen molar-refractivity contribution in [1.82, 2.24) is 13.9 Å². The van der Waals surface area contributed by atoms with Gasteiger partial charge in [0.1, 0.15) is 5.82 Å². The van der Waals surface area contributed by atoms with Crippen LogP contribution in [0.1, 0.15) is 30.3 Å². The van der Waals surface area contributed by atoms with Crippen LogP contribution in [0.3, 0.4) is 0 Å². The fourth-order valence-electron chi connectivity index (χ4n) is 3.17. The monoisotopic (exact) mass is 400 g/mol. The van der Waals surface area contributed by atoms with Crippen molar-refractivity contribution in [2.45, 2.75) is 45.2 Å². The van der Waals surface area contributed by atoms with E-state index in [-0.39, 0.29) is 4.90 Å². The summed E-state index contributed by atoms with van der Waals surface area (Å²) in [7, 11) is -0.408. The molecule has 0 saturated carbocycles. The highest BCUT2D eigenvalue weighted by Crippen LogP contribution is 2.23. The quantitative estimate of drug-likeness (QED) is 0.653. The first kappa shape index (κ1) is 20.4.